The molecule has 0 fully saturated rings. The number of hydrogen-bond acceptors (Lipinski definition) is 5. The van der Waals surface area contributed by atoms with E-state index in [1.807, 2.05) is 40.9 Å². The Morgan fingerprint density at radius 2 is 0.833 bits per heavy atom. The Kier molecular flexibility index (Phi) is 6.38. The Balaban J connectivity index is 1.06. The fourth-order valence-electron chi connectivity index (χ4n) is 8.45. The van der Waals surface area contributed by atoms with Gasteiger partial charge in [-0.2, -0.15) is 0 Å². The zero-order chi connectivity index (χ0) is 35.3. The third kappa shape index (κ3) is 4.43. The Hall–Kier alpha value is -6.53. The second-order valence-corrected chi connectivity index (χ2v) is 16.1. The molecule has 1 aliphatic carbocycles. The van der Waals surface area contributed by atoms with Crippen LogP contribution in [0.1, 0.15) is 0 Å². The lowest BCUT2D eigenvalue weighted by Crippen LogP contribution is -2.00. The van der Waals surface area contributed by atoms with E-state index in [1.54, 1.807) is 0 Å². The van der Waals surface area contributed by atoms with Crippen LogP contribution in [0.25, 0.3) is 119 Å². The van der Waals surface area contributed by atoms with Gasteiger partial charge in [-0.15, -0.1) is 22.7 Å². The third-order valence-corrected chi connectivity index (χ3v) is 13.2. The molecule has 0 aliphatic heterocycles. The number of nitrogens with zero attached hydrogens (tertiary/aromatic N) is 3. The van der Waals surface area contributed by atoms with Crippen LogP contribution >= 0.6 is 22.7 Å². The number of thiophene rings is 2. The predicted molar refractivity (Wildman–Crippen MR) is 229 cm³/mol. The maximum atomic E-state index is 5.26. The number of fused-ring (bicyclic) bond motifs is 9. The zero-order valence-electron chi connectivity index (χ0n) is 28.7. The SMILES string of the molecule is c1ccc(-c2nc(-c3ccc4sc5ccccc5c4c3)nc(-c3cccc4sc5ccc(-c6ccc7c8c(cccc68)-c6ccccc6-7)cc5c34)n2)cc1. The van der Waals surface area contributed by atoms with Crippen LogP contribution in [0.2, 0.25) is 0 Å². The molecule has 0 saturated heterocycles. The van der Waals surface area contributed by atoms with E-state index in [0.29, 0.717) is 17.5 Å². The van der Waals surface area contributed by atoms with E-state index in [0.717, 1.165) is 16.7 Å². The van der Waals surface area contributed by atoms with Gasteiger partial charge in [0.15, 0.2) is 17.5 Å². The molecular formula is C49H27N3S2. The first-order valence-electron chi connectivity index (χ1n) is 18.1. The van der Waals surface area contributed by atoms with Gasteiger partial charge in [0.2, 0.25) is 0 Å². The average Bonchev–Trinajstić information content (AvgIpc) is 3.91. The number of aromatic nitrogens is 3. The molecule has 0 spiro atoms. The van der Waals surface area contributed by atoms with Gasteiger partial charge in [-0.25, -0.2) is 15.0 Å². The molecule has 0 unspecified atom stereocenters. The summed E-state index contributed by atoms with van der Waals surface area (Å²) in [4.78, 5) is 15.6. The monoisotopic (exact) mass is 721 g/mol. The molecule has 0 bridgehead atoms. The first kappa shape index (κ1) is 30.0. The van der Waals surface area contributed by atoms with Crippen LogP contribution in [0.4, 0.5) is 0 Å². The highest BCUT2D eigenvalue weighted by Crippen LogP contribution is 2.50. The van der Waals surface area contributed by atoms with E-state index in [2.05, 4.69) is 146 Å². The summed E-state index contributed by atoms with van der Waals surface area (Å²) in [6.45, 7) is 0. The minimum Gasteiger partial charge on any atom is -0.208 e. The van der Waals surface area contributed by atoms with Crippen molar-refractivity contribution >= 4 is 73.8 Å². The molecule has 3 aromatic heterocycles. The highest BCUT2D eigenvalue weighted by Gasteiger charge is 2.23. The lowest BCUT2D eigenvalue weighted by molar-refractivity contribution is 1.08. The molecular weight excluding hydrogens is 695 g/mol. The molecule has 8 aromatic carbocycles. The standard InChI is InChI=1S/C49H27N3S2/c1-2-10-28(11-3-1)47-50-48(30-21-25-42-39(27-30)34-14-6-7-18-41(34)53-42)52-49(51-47)38-17-9-19-44-46(38)40-26-29(20-24-43(40)54-44)31-22-23-37-33-13-5-4-12-32(33)36-16-8-15-35(31)45(36)37/h1-27H. The van der Waals surface area contributed by atoms with E-state index >= 15 is 0 Å². The van der Waals surface area contributed by atoms with E-state index in [1.165, 1.54) is 84.5 Å². The van der Waals surface area contributed by atoms with Gasteiger partial charge in [0.05, 0.1) is 0 Å². The van der Waals surface area contributed by atoms with Crippen LogP contribution < -0.4 is 0 Å². The second-order valence-electron chi connectivity index (χ2n) is 13.9. The molecule has 0 atom stereocenters. The van der Waals surface area contributed by atoms with Gasteiger partial charge in [-0.3, -0.25) is 0 Å². The van der Waals surface area contributed by atoms with E-state index in [9.17, 15) is 0 Å². The molecule has 5 heteroatoms. The summed E-state index contributed by atoms with van der Waals surface area (Å²) in [6.07, 6.45) is 0. The largest absolute Gasteiger partial charge is 0.208 e. The topological polar surface area (TPSA) is 38.7 Å². The summed E-state index contributed by atoms with van der Waals surface area (Å²) in [6, 6.07) is 59.0. The maximum Gasteiger partial charge on any atom is 0.164 e. The van der Waals surface area contributed by atoms with Crippen LogP contribution in [0, 0.1) is 0 Å². The van der Waals surface area contributed by atoms with Crippen molar-refractivity contribution in [3.63, 3.8) is 0 Å². The summed E-state index contributed by atoms with van der Waals surface area (Å²) in [5.41, 5.74) is 10.7. The Morgan fingerprint density at radius 1 is 0.278 bits per heavy atom. The lowest BCUT2D eigenvalue weighted by atomic mass is 9.93. The number of rotatable bonds is 4. The summed E-state index contributed by atoms with van der Waals surface area (Å²) in [7, 11) is 0. The van der Waals surface area contributed by atoms with E-state index < -0.39 is 0 Å². The van der Waals surface area contributed by atoms with Crippen LogP contribution in [-0.4, -0.2) is 15.0 Å². The van der Waals surface area contributed by atoms with Crippen molar-refractivity contribution in [2.24, 2.45) is 0 Å². The molecule has 0 radical (unpaired) electrons. The second kappa shape index (κ2) is 11.5. The fourth-order valence-corrected chi connectivity index (χ4v) is 10.6. The molecule has 54 heavy (non-hydrogen) atoms. The van der Waals surface area contributed by atoms with Crippen LogP contribution in [0.5, 0.6) is 0 Å². The average molecular weight is 722 g/mol. The maximum absolute atomic E-state index is 5.26. The smallest absolute Gasteiger partial charge is 0.164 e. The van der Waals surface area contributed by atoms with Crippen molar-refractivity contribution in [1.29, 1.82) is 0 Å². The molecule has 12 rings (SSSR count). The Bertz CT molecular complexity index is 3310. The van der Waals surface area contributed by atoms with E-state index in [4.69, 9.17) is 15.0 Å². The van der Waals surface area contributed by atoms with Crippen molar-refractivity contribution in [2.45, 2.75) is 0 Å². The molecule has 250 valence electrons. The molecule has 3 heterocycles. The quantitative estimate of drug-likeness (QED) is 0.182. The zero-order valence-corrected chi connectivity index (χ0v) is 30.4. The van der Waals surface area contributed by atoms with Crippen LogP contribution in [-0.2, 0) is 0 Å². The van der Waals surface area contributed by atoms with Gasteiger partial charge in [-0.05, 0) is 86.6 Å². The van der Waals surface area contributed by atoms with Crippen LogP contribution in [0.15, 0.2) is 164 Å². The fraction of sp³-hybridized carbons (Fsp3) is 0. The molecule has 11 aromatic rings. The minimum atomic E-state index is 0.664. The minimum absolute atomic E-state index is 0.664. The third-order valence-electron chi connectivity index (χ3n) is 10.9. The van der Waals surface area contributed by atoms with Crippen molar-refractivity contribution in [2.75, 3.05) is 0 Å². The van der Waals surface area contributed by atoms with Crippen molar-refractivity contribution in [3.8, 4) is 67.5 Å². The Morgan fingerprint density at radius 3 is 1.70 bits per heavy atom. The molecule has 0 N–H and O–H groups in total. The number of benzene rings is 8. The highest BCUT2D eigenvalue weighted by molar-refractivity contribution is 7.26. The van der Waals surface area contributed by atoms with Crippen LogP contribution in [0.3, 0.4) is 0 Å². The molecule has 1 aliphatic rings. The van der Waals surface area contributed by atoms with Gasteiger partial charge in [0.1, 0.15) is 0 Å². The summed E-state index contributed by atoms with van der Waals surface area (Å²) in [5, 5.41) is 7.49. The predicted octanol–water partition coefficient (Wildman–Crippen LogP) is 14.1. The first-order chi connectivity index (χ1) is 26.7. The van der Waals surface area contributed by atoms with Gasteiger partial charge in [0, 0.05) is 57.0 Å². The number of hydrogen-bond donors (Lipinski definition) is 0. The molecule has 0 saturated carbocycles. The lowest BCUT2D eigenvalue weighted by Gasteiger charge is -2.11. The normalized spacial score (nSPS) is 12.1. The first-order valence-corrected chi connectivity index (χ1v) is 19.7. The summed E-state index contributed by atoms with van der Waals surface area (Å²) < 4.78 is 4.99. The van der Waals surface area contributed by atoms with Gasteiger partial charge in [0.25, 0.3) is 0 Å². The molecule has 3 nitrogen and oxygen atoms in total. The van der Waals surface area contributed by atoms with Gasteiger partial charge >= 0.3 is 0 Å². The van der Waals surface area contributed by atoms with Gasteiger partial charge < -0.3 is 0 Å². The summed E-state index contributed by atoms with van der Waals surface area (Å²) in [5.74, 6) is 2.01. The molecule has 0 amide bonds. The van der Waals surface area contributed by atoms with Gasteiger partial charge in [-0.1, -0.05) is 121 Å². The Labute approximate surface area is 318 Å². The van der Waals surface area contributed by atoms with Crippen molar-refractivity contribution < 1.29 is 0 Å². The van der Waals surface area contributed by atoms with E-state index in [-0.39, 0.29) is 0 Å². The summed E-state index contributed by atoms with van der Waals surface area (Å²) >= 11 is 3.64. The van der Waals surface area contributed by atoms with Crippen molar-refractivity contribution in [1.82, 2.24) is 15.0 Å². The van der Waals surface area contributed by atoms with Crippen molar-refractivity contribution in [3.05, 3.63) is 164 Å². The highest BCUT2D eigenvalue weighted by atomic mass is 32.1.